The lowest BCUT2D eigenvalue weighted by molar-refractivity contribution is -0.0538. The van der Waals surface area contributed by atoms with Crippen LogP contribution in [0.5, 0.6) is 0 Å². The summed E-state index contributed by atoms with van der Waals surface area (Å²) in [5, 5.41) is 0. The molecule has 0 bridgehead atoms. The smallest absolute Gasteiger partial charge is 0.135 e. The van der Waals surface area contributed by atoms with E-state index >= 15 is 0 Å². The summed E-state index contributed by atoms with van der Waals surface area (Å²) in [6.45, 7) is 0. The molecule has 3 aliphatic heterocycles. The van der Waals surface area contributed by atoms with Crippen LogP contribution in [0.4, 0.5) is 0 Å². The number of fused-ring (bicyclic) bond motifs is 1. The summed E-state index contributed by atoms with van der Waals surface area (Å²) >= 11 is 0. The molecule has 5 rings (SSSR count). The summed E-state index contributed by atoms with van der Waals surface area (Å²) in [7, 11) is -1.26. The highest BCUT2D eigenvalue weighted by Crippen LogP contribution is 2.85. The maximum absolute atomic E-state index is 11.3. The fourth-order valence-electron chi connectivity index (χ4n) is 5.49. The number of hydroxylamine groups is 1. The number of nitrogens with zero attached hydrogens (tertiary/aromatic N) is 1. The van der Waals surface area contributed by atoms with E-state index in [2.05, 4.69) is 34.6 Å². The molecule has 5 unspecified atom stereocenters. The van der Waals surface area contributed by atoms with Crippen LogP contribution in [0.3, 0.4) is 0 Å². The van der Waals surface area contributed by atoms with Crippen molar-refractivity contribution in [2.24, 2.45) is 0 Å². The monoisotopic (exact) mass is 372 g/mol. The van der Waals surface area contributed by atoms with Gasteiger partial charge in [-0.1, -0.05) is 48.5 Å². The highest BCUT2D eigenvalue weighted by atomic mass is 32.3. The first-order chi connectivity index (χ1) is 12.6. The molecule has 5 nitrogen and oxygen atoms in total. The van der Waals surface area contributed by atoms with E-state index in [0.29, 0.717) is 4.90 Å². The highest BCUT2D eigenvalue weighted by molar-refractivity contribution is 8.25. The van der Waals surface area contributed by atoms with E-state index in [4.69, 9.17) is 4.84 Å². The first kappa shape index (κ1) is 16.7. The molecule has 0 spiro atoms. The molecular formula is C20H24N2O3S. The molecule has 3 saturated heterocycles. The summed E-state index contributed by atoms with van der Waals surface area (Å²) in [6.07, 6.45) is 2.63. The largest absolute Gasteiger partial charge is 0.305 e. The predicted octanol–water partition coefficient (Wildman–Crippen LogP) is 3.79. The molecule has 26 heavy (non-hydrogen) atoms. The summed E-state index contributed by atoms with van der Waals surface area (Å²) in [5.74, 6) is 0. The van der Waals surface area contributed by atoms with E-state index in [9.17, 15) is 9.11 Å². The minimum Gasteiger partial charge on any atom is -0.305 e. The Kier molecular flexibility index (Phi) is 3.57. The maximum Gasteiger partial charge on any atom is 0.135 e. The van der Waals surface area contributed by atoms with Crippen molar-refractivity contribution in [3.8, 4) is 0 Å². The predicted molar refractivity (Wildman–Crippen MR) is 102 cm³/mol. The highest BCUT2D eigenvalue weighted by Gasteiger charge is 2.88. The van der Waals surface area contributed by atoms with Crippen LogP contribution in [0.15, 0.2) is 65.6 Å². The third-order valence-corrected chi connectivity index (χ3v) is 9.06. The molecule has 138 valence electrons. The van der Waals surface area contributed by atoms with E-state index in [1.807, 2.05) is 36.4 Å². The van der Waals surface area contributed by atoms with Crippen LogP contribution in [0.2, 0.25) is 0 Å². The Bertz CT molecular complexity index is 818. The van der Waals surface area contributed by atoms with Crippen molar-refractivity contribution in [2.75, 3.05) is 7.11 Å². The lowest BCUT2D eigenvalue weighted by Gasteiger charge is -2.58. The molecule has 0 radical (unpaired) electrons. The van der Waals surface area contributed by atoms with E-state index in [-0.39, 0.29) is 17.6 Å². The van der Waals surface area contributed by atoms with E-state index in [1.165, 1.54) is 5.56 Å². The molecule has 0 amide bonds. The molecule has 3 heterocycles. The second-order valence-corrected chi connectivity index (χ2v) is 9.79. The molecule has 3 N–H and O–H groups in total. The summed E-state index contributed by atoms with van der Waals surface area (Å²) in [6, 6.07) is 20.1. The van der Waals surface area contributed by atoms with Crippen LogP contribution in [-0.4, -0.2) is 38.1 Å². The van der Waals surface area contributed by atoms with Crippen molar-refractivity contribution in [1.82, 2.24) is 10.4 Å². The molecule has 6 heteroatoms. The van der Waals surface area contributed by atoms with Gasteiger partial charge in [-0.05, 0) is 30.5 Å². The van der Waals surface area contributed by atoms with Crippen molar-refractivity contribution in [3.05, 3.63) is 66.2 Å². The van der Waals surface area contributed by atoms with E-state index in [1.54, 1.807) is 7.11 Å². The molecule has 0 aliphatic carbocycles. The molecule has 3 fully saturated rings. The van der Waals surface area contributed by atoms with Gasteiger partial charge in [0.25, 0.3) is 0 Å². The minimum atomic E-state index is -2.91. The molecule has 2 aromatic rings. The Hall–Kier alpha value is -1.41. The van der Waals surface area contributed by atoms with Crippen LogP contribution in [0.25, 0.3) is 0 Å². The average Bonchev–Trinajstić information content (AvgIpc) is 3.28. The summed E-state index contributed by atoms with van der Waals surface area (Å²) in [4.78, 5) is 7.76. The van der Waals surface area contributed by atoms with Gasteiger partial charge >= 0.3 is 0 Å². The first-order valence-electron chi connectivity index (χ1n) is 9.05. The Labute approximate surface area is 155 Å². The molecule has 5 atom stereocenters. The summed E-state index contributed by atoms with van der Waals surface area (Å²) in [5.41, 5.74) is 4.16. The van der Waals surface area contributed by atoms with Gasteiger partial charge in [0.15, 0.2) is 0 Å². The fraction of sp³-hybridized carbons (Fsp3) is 0.400. The number of piperidine rings is 1. The van der Waals surface area contributed by atoms with Gasteiger partial charge in [0.05, 0.1) is 23.6 Å². The number of rotatable bonds is 5. The quantitative estimate of drug-likeness (QED) is 0.550. The van der Waals surface area contributed by atoms with Crippen LogP contribution in [0.1, 0.15) is 24.8 Å². The average molecular weight is 372 g/mol. The van der Waals surface area contributed by atoms with E-state index in [0.717, 1.165) is 19.3 Å². The van der Waals surface area contributed by atoms with Gasteiger partial charge in [-0.2, -0.15) is 5.48 Å². The lowest BCUT2D eigenvalue weighted by Crippen LogP contribution is -2.64. The van der Waals surface area contributed by atoms with Gasteiger partial charge in [-0.25, -0.2) is 0 Å². The lowest BCUT2D eigenvalue weighted by atomic mass is 9.74. The zero-order valence-electron chi connectivity index (χ0n) is 14.7. The Morgan fingerprint density at radius 3 is 2.35 bits per heavy atom. The van der Waals surface area contributed by atoms with Crippen molar-refractivity contribution in [2.45, 2.75) is 46.7 Å². The third-order valence-electron chi connectivity index (χ3n) is 6.53. The maximum atomic E-state index is 11.3. The zero-order valence-corrected chi connectivity index (χ0v) is 15.5. The Morgan fingerprint density at radius 1 is 1.04 bits per heavy atom. The molecular weight excluding hydrogens is 348 g/mol. The van der Waals surface area contributed by atoms with Gasteiger partial charge in [-0.15, -0.1) is 10.6 Å². The molecule has 3 aliphatic rings. The molecule has 0 aromatic heterocycles. The standard InChI is InChI=1S/C20H24N2O3S/c1-25-21-17-12-13-18-20(26(23,24)16-10-6-3-7-11-16)14-19(17,22(18)20)15-8-4-2-5-9-15/h2-11,17-18,21,23-24H,12-14H2,1H3. The van der Waals surface area contributed by atoms with Gasteiger partial charge in [0.2, 0.25) is 0 Å². The fourth-order valence-corrected chi connectivity index (χ4v) is 7.97. The second kappa shape index (κ2) is 5.55. The number of hydrogen-bond acceptors (Lipinski definition) is 5. The minimum absolute atomic E-state index is 0.132. The number of benzene rings is 2. The Balaban J connectivity index is 1.57. The van der Waals surface area contributed by atoms with Crippen LogP contribution in [-0.2, 0) is 10.4 Å². The SMILES string of the molecule is CONC1CCC2N3C1(c1ccccc1)CC23S(O)(O)c1ccccc1. The van der Waals surface area contributed by atoms with Gasteiger partial charge in [0, 0.05) is 12.5 Å². The Morgan fingerprint density at radius 2 is 1.69 bits per heavy atom. The van der Waals surface area contributed by atoms with Crippen molar-refractivity contribution >= 4 is 10.6 Å². The van der Waals surface area contributed by atoms with Crippen molar-refractivity contribution in [1.29, 1.82) is 0 Å². The van der Waals surface area contributed by atoms with Gasteiger partial charge < -0.3 is 4.84 Å². The normalized spacial score (nSPS) is 38.2. The zero-order chi connectivity index (χ0) is 18.0. The number of hydrogen-bond donors (Lipinski definition) is 3. The van der Waals surface area contributed by atoms with Crippen LogP contribution >= 0.6 is 10.6 Å². The second-order valence-electron chi connectivity index (χ2n) is 7.51. The van der Waals surface area contributed by atoms with Crippen molar-refractivity contribution < 1.29 is 13.9 Å². The summed E-state index contributed by atoms with van der Waals surface area (Å²) < 4.78 is 22.6. The van der Waals surface area contributed by atoms with Gasteiger partial charge in [0.1, 0.15) is 4.87 Å². The van der Waals surface area contributed by atoms with Gasteiger partial charge in [-0.3, -0.25) is 14.0 Å². The van der Waals surface area contributed by atoms with Crippen LogP contribution < -0.4 is 5.48 Å². The topological polar surface area (TPSA) is 64.7 Å². The molecule has 2 aromatic carbocycles. The molecule has 0 saturated carbocycles. The number of nitrogens with one attached hydrogen (secondary N) is 1. The van der Waals surface area contributed by atoms with Crippen molar-refractivity contribution in [3.63, 3.8) is 0 Å². The third kappa shape index (κ3) is 1.84. The van der Waals surface area contributed by atoms with E-state index < -0.39 is 15.5 Å². The van der Waals surface area contributed by atoms with Crippen LogP contribution in [0, 0.1) is 0 Å². The first-order valence-corrected chi connectivity index (χ1v) is 10.6.